The third-order valence-electron chi connectivity index (χ3n) is 14.4. The van der Waals surface area contributed by atoms with E-state index in [2.05, 4.69) is 59.7 Å². The second-order valence-corrected chi connectivity index (χ2v) is 17.1. The first-order valence-electron chi connectivity index (χ1n) is 17.4. The Morgan fingerprint density at radius 1 is 0.956 bits per heavy atom. The molecule has 4 fully saturated rings. The van der Waals surface area contributed by atoms with E-state index in [1.165, 1.54) is 17.7 Å². The summed E-state index contributed by atoms with van der Waals surface area (Å²) in [6, 6.07) is 6.36. The van der Waals surface area contributed by atoms with Crippen LogP contribution in [0, 0.1) is 56.1 Å². The first kappa shape index (κ1) is 32.4. The number of hydrogen-bond acceptors (Lipinski definition) is 5. The van der Waals surface area contributed by atoms with Crippen LogP contribution in [0.4, 0.5) is 4.39 Å². The van der Waals surface area contributed by atoms with Gasteiger partial charge in [-0.15, -0.1) is 0 Å². The molecule has 6 rings (SSSR count). The second kappa shape index (κ2) is 10.8. The highest BCUT2D eigenvalue weighted by Gasteiger charge is 2.70. The van der Waals surface area contributed by atoms with Gasteiger partial charge in [0.25, 0.3) is 0 Å². The Kier molecular flexibility index (Phi) is 7.76. The highest BCUT2D eigenvalue weighted by Crippen LogP contribution is 2.75. The first-order chi connectivity index (χ1) is 21.0. The number of carbonyl (C=O) groups is 2. The van der Waals surface area contributed by atoms with Crippen molar-refractivity contribution in [3.63, 3.8) is 0 Å². The van der Waals surface area contributed by atoms with Gasteiger partial charge in [-0.2, -0.15) is 0 Å². The summed E-state index contributed by atoms with van der Waals surface area (Å²) in [6.07, 6.45) is 10.7. The third kappa shape index (κ3) is 4.77. The van der Waals surface area contributed by atoms with Gasteiger partial charge in [0.05, 0.1) is 17.7 Å². The van der Waals surface area contributed by atoms with Crippen LogP contribution in [-0.4, -0.2) is 24.1 Å². The van der Waals surface area contributed by atoms with Crippen LogP contribution >= 0.6 is 0 Å². The fourth-order valence-corrected chi connectivity index (χ4v) is 11.4. The minimum absolute atomic E-state index is 0.0529. The van der Waals surface area contributed by atoms with E-state index >= 15 is 0 Å². The molecule has 0 spiro atoms. The van der Waals surface area contributed by atoms with Crippen LogP contribution in [0.5, 0.6) is 0 Å². The standard InChI is InChI=1S/C39H54FNO4/c1-9-44-33(43)36(5)19-18-35(4)20-21-38(7)27(28(35)23-36)22-29(42)32-37(6)16-15-31(34(2,3)30(37)14-17-39(32,38)8)41-45-24-25-10-12-26(40)13-11-25/h10-13,22,28,30,32H,9,14-21,23-24H2,1-8H3/b41-31+/t28-,30-,32+,35+,36-,37-,38+,39+/m0/s1. The van der Waals surface area contributed by atoms with E-state index in [1.54, 1.807) is 12.1 Å². The lowest BCUT2D eigenvalue weighted by atomic mass is 9.33. The van der Waals surface area contributed by atoms with Gasteiger partial charge in [0.2, 0.25) is 0 Å². The quantitative estimate of drug-likeness (QED) is 0.243. The van der Waals surface area contributed by atoms with Crippen LogP contribution in [-0.2, 0) is 25.8 Å². The number of fused-ring (bicyclic) bond motifs is 7. The van der Waals surface area contributed by atoms with E-state index < -0.39 is 5.41 Å². The van der Waals surface area contributed by atoms with Crippen LogP contribution in [0.1, 0.15) is 119 Å². The van der Waals surface area contributed by atoms with Crippen molar-refractivity contribution in [3.8, 4) is 0 Å². The molecule has 0 radical (unpaired) electrons. The Morgan fingerprint density at radius 3 is 2.33 bits per heavy atom. The fourth-order valence-electron chi connectivity index (χ4n) is 11.4. The molecule has 8 atom stereocenters. The van der Waals surface area contributed by atoms with Crippen molar-refractivity contribution in [3.05, 3.63) is 47.3 Å². The summed E-state index contributed by atoms with van der Waals surface area (Å²) in [6.45, 7) is 19.0. The summed E-state index contributed by atoms with van der Waals surface area (Å²) in [5.74, 6) is 0.431. The van der Waals surface area contributed by atoms with Gasteiger partial charge in [0, 0.05) is 11.3 Å². The van der Waals surface area contributed by atoms with E-state index in [0.717, 1.165) is 69.1 Å². The van der Waals surface area contributed by atoms with E-state index in [4.69, 9.17) is 9.57 Å². The second-order valence-electron chi connectivity index (χ2n) is 17.1. The van der Waals surface area contributed by atoms with E-state index in [-0.39, 0.29) is 50.7 Å². The summed E-state index contributed by atoms with van der Waals surface area (Å²) in [5.41, 5.74) is 2.27. The number of ketones is 1. The highest BCUT2D eigenvalue weighted by molar-refractivity contribution is 5.97. The summed E-state index contributed by atoms with van der Waals surface area (Å²) in [7, 11) is 0. The molecular formula is C39H54FNO4. The lowest BCUT2D eigenvalue weighted by molar-refractivity contribution is -0.177. The number of rotatable bonds is 5. The molecule has 0 N–H and O–H groups in total. The lowest BCUT2D eigenvalue weighted by Crippen LogP contribution is -2.66. The van der Waals surface area contributed by atoms with Gasteiger partial charge >= 0.3 is 5.97 Å². The molecule has 0 saturated heterocycles. The van der Waals surface area contributed by atoms with Gasteiger partial charge in [-0.1, -0.05) is 64.4 Å². The Labute approximate surface area is 269 Å². The maximum absolute atomic E-state index is 14.7. The monoisotopic (exact) mass is 619 g/mol. The number of benzene rings is 1. The summed E-state index contributed by atoms with van der Waals surface area (Å²) in [5, 5.41) is 4.68. The molecule has 4 saturated carbocycles. The van der Waals surface area contributed by atoms with E-state index in [0.29, 0.717) is 24.9 Å². The maximum Gasteiger partial charge on any atom is 0.311 e. The SMILES string of the molecule is CCOC(=O)[C@@]1(C)CC[C@]2(C)CC[C@]3(C)C(=CC(=O)[C@@H]4[C@@]5(C)CC/C(=N\OCc6ccc(F)cc6)C(C)(C)[C@@H]5CC[C@]43C)[C@@H]2C1. The van der Waals surface area contributed by atoms with Gasteiger partial charge in [-0.3, -0.25) is 9.59 Å². The largest absolute Gasteiger partial charge is 0.466 e. The number of carbonyl (C=O) groups excluding carboxylic acids is 2. The molecular weight excluding hydrogens is 565 g/mol. The molecule has 5 nitrogen and oxygen atoms in total. The molecule has 45 heavy (non-hydrogen) atoms. The van der Waals surface area contributed by atoms with Gasteiger partial charge in [0.1, 0.15) is 12.4 Å². The van der Waals surface area contributed by atoms with Gasteiger partial charge in [0.15, 0.2) is 5.78 Å². The minimum Gasteiger partial charge on any atom is -0.466 e. The van der Waals surface area contributed by atoms with Crippen molar-refractivity contribution in [1.29, 1.82) is 0 Å². The molecule has 0 aromatic heterocycles. The van der Waals surface area contributed by atoms with Crippen molar-refractivity contribution < 1.29 is 23.6 Å². The zero-order valence-corrected chi connectivity index (χ0v) is 28.9. The van der Waals surface area contributed by atoms with Gasteiger partial charge < -0.3 is 9.57 Å². The minimum atomic E-state index is -0.508. The van der Waals surface area contributed by atoms with Crippen LogP contribution in [0.25, 0.3) is 0 Å². The number of esters is 1. The molecule has 246 valence electrons. The van der Waals surface area contributed by atoms with Crippen LogP contribution < -0.4 is 0 Å². The molecule has 1 aromatic rings. The van der Waals surface area contributed by atoms with Crippen LogP contribution in [0.2, 0.25) is 0 Å². The highest BCUT2D eigenvalue weighted by atomic mass is 19.1. The van der Waals surface area contributed by atoms with Crippen molar-refractivity contribution in [1.82, 2.24) is 0 Å². The van der Waals surface area contributed by atoms with E-state index in [9.17, 15) is 14.0 Å². The fraction of sp³-hybridized carbons (Fsp3) is 0.718. The Morgan fingerprint density at radius 2 is 1.64 bits per heavy atom. The number of ether oxygens (including phenoxy) is 1. The zero-order valence-electron chi connectivity index (χ0n) is 28.9. The van der Waals surface area contributed by atoms with Crippen molar-refractivity contribution in [2.75, 3.05) is 6.61 Å². The summed E-state index contributed by atoms with van der Waals surface area (Å²) >= 11 is 0. The number of hydrogen-bond donors (Lipinski definition) is 0. The number of allylic oxidation sites excluding steroid dienone is 2. The molecule has 5 aliphatic rings. The summed E-state index contributed by atoms with van der Waals surface area (Å²) < 4.78 is 18.9. The number of halogens is 1. The van der Waals surface area contributed by atoms with Crippen LogP contribution in [0.3, 0.4) is 0 Å². The predicted molar refractivity (Wildman–Crippen MR) is 175 cm³/mol. The zero-order chi connectivity index (χ0) is 32.6. The van der Waals surface area contributed by atoms with Crippen molar-refractivity contribution >= 4 is 17.5 Å². The molecule has 0 aliphatic heterocycles. The molecule has 5 aliphatic carbocycles. The Hall–Kier alpha value is -2.50. The maximum atomic E-state index is 14.7. The average molecular weight is 620 g/mol. The topological polar surface area (TPSA) is 65.0 Å². The van der Waals surface area contributed by atoms with Crippen molar-refractivity contribution in [2.45, 2.75) is 120 Å². The van der Waals surface area contributed by atoms with Crippen molar-refractivity contribution in [2.24, 2.45) is 55.4 Å². The molecule has 1 aromatic carbocycles. The van der Waals surface area contributed by atoms with Gasteiger partial charge in [-0.25, -0.2) is 4.39 Å². The van der Waals surface area contributed by atoms with Gasteiger partial charge in [-0.05, 0) is 129 Å². The van der Waals surface area contributed by atoms with Crippen LogP contribution in [0.15, 0.2) is 41.1 Å². The molecule has 0 bridgehead atoms. The van der Waals surface area contributed by atoms with E-state index in [1.807, 2.05) is 6.92 Å². The lowest BCUT2D eigenvalue weighted by Gasteiger charge is -2.70. The number of nitrogens with zero attached hydrogens (tertiary/aromatic N) is 1. The smallest absolute Gasteiger partial charge is 0.311 e. The summed E-state index contributed by atoms with van der Waals surface area (Å²) in [4.78, 5) is 33.7. The first-order valence-corrected chi connectivity index (χ1v) is 17.4. The molecule has 0 amide bonds. The number of oxime groups is 1. The molecule has 0 unspecified atom stereocenters. The predicted octanol–water partition coefficient (Wildman–Crippen LogP) is 9.24. The normalized spacial score (nSPS) is 42.9. The average Bonchev–Trinajstić information content (AvgIpc) is 2.97. The Bertz CT molecular complexity index is 1430. The third-order valence-corrected chi connectivity index (χ3v) is 14.4. The Balaban J connectivity index is 1.30. The molecule has 6 heteroatoms. The molecule has 0 heterocycles.